The summed E-state index contributed by atoms with van der Waals surface area (Å²) < 4.78 is 1.84. The summed E-state index contributed by atoms with van der Waals surface area (Å²) in [6.07, 6.45) is 14.7. The van der Waals surface area contributed by atoms with Crippen LogP contribution >= 0.6 is 0 Å². The second-order valence-electron chi connectivity index (χ2n) is 13.6. The summed E-state index contributed by atoms with van der Waals surface area (Å²) in [5.74, 6) is 1.06. The molecule has 0 saturated carbocycles. The van der Waals surface area contributed by atoms with Crippen LogP contribution in [0.15, 0.2) is 96.1 Å². The maximum absolute atomic E-state index is 2.62. The first-order chi connectivity index (χ1) is 22.1. The molecule has 232 valence electrons. The van der Waals surface area contributed by atoms with Crippen molar-refractivity contribution in [3.8, 4) is 11.1 Å². The summed E-state index contributed by atoms with van der Waals surface area (Å²) in [4.78, 5) is 0. The van der Waals surface area contributed by atoms with Gasteiger partial charge in [-0.25, -0.2) is 0 Å². The average molecular weight is 775 g/mol. The molecule has 7 rings (SSSR count). The van der Waals surface area contributed by atoms with E-state index in [1.807, 2.05) is 0 Å². The van der Waals surface area contributed by atoms with Crippen LogP contribution in [-0.4, -0.2) is 9.52 Å². The third-order valence-corrected chi connectivity index (χ3v) is 20.2. The zero-order chi connectivity index (χ0) is 31.2. The van der Waals surface area contributed by atoms with Crippen LogP contribution in [0.1, 0.15) is 107 Å². The summed E-state index contributed by atoms with van der Waals surface area (Å²) in [5, 5.41) is 2.81. The van der Waals surface area contributed by atoms with Crippen LogP contribution in [0, 0.1) is 0 Å². The fourth-order valence-corrected chi connectivity index (χ4v) is 19.7. The molecule has 0 aromatic heterocycles. The molecule has 4 aromatic carbocycles. The fourth-order valence-electron chi connectivity index (χ4n) is 8.76. The van der Waals surface area contributed by atoms with Crippen molar-refractivity contribution in [2.75, 3.05) is 0 Å². The van der Waals surface area contributed by atoms with E-state index in [9.17, 15) is 0 Å². The Morgan fingerprint density at radius 2 is 1.49 bits per heavy atom. The second-order valence-corrected chi connectivity index (χ2v) is 22.2. The number of allylic oxidation sites excluding steroid dienone is 2. The minimum atomic E-state index is -1.10. The first kappa shape index (κ1) is 32.6. The van der Waals surface area contributed by atoms with Crippen molar-refractivity contribution in [3.05, 3.63) is 118 Å². The molecule has 1 aliphatic heterocycles. The van der Waals surface area contributed by atoms with Gasteiger partial charge in [-0.15, -0.1) is 0 Å². The molecule has 1 fully saturated rings. The van der Waals surface area contributed by atoms with Gasteiger partial charge in [0.1, 0.15) is 0 Å². The van der Waals surface area contributed by atoms with Gasteiger partial charge in [-0.1, -0.05) is 24.9 Å². The van der Waals surface area contributed by atoms with Crippen LogP contribution in [0.4, 0.5) is 0 Å². The van der Waals surface area contributed by atoms with E-state index >= 15 is 0 Å². The molecule has 3 unspecified atom stereocenters. The second kappa shape index (κ2) is 15.1. The van der Waals surface area contributed by atoms with Crippen LogP contribution in [0.5, 0.6) is 0 Å². The van der Waals surface area contributed by atoms with Crippen LogP contribution in [0.25, 0.3) is 34.1 Å². The third kappa shape index (κ3) is 6.48. The summed E-state index contributed by atoms with van der Waals surface area (Å²) in [6.45, 7) is 9.68. The normalized spacial score (nSPS) is 19.6. The molecule has 4 aromatic rings. The topological polar surface area (TPSA) is 0 Å². The van der Waals surface area contributed by atoms with Gasteiger partial charge in [-0.3, -0.25) is 0 Å². The predicted molar refractivity (Wildman–Crippen MR) is 198 cm³/mol. The van der Waals surface area contributed by atoms with E-state index in [4.69, 9.17) is 0 Å². The zero-order valence-corrected chi connectivity index (χ0v) is 33.2. The van der Waals surface area contributed by atoms with E-state index < -0.39 is 22.9 Å². The number of benzene rings is 4. The molecule has 0 amide bonds. The maximum atomic E-state index is 2.62. The number of hydrogen-bond acceptors (Lipinski definition) is 0. The molecule has 3 aliphatic rings. The first-order valence-corrected chi connectivity index (χ1v) is 24.3. The molecule has 1 heterocycles. The molecule has 0 N–H and O–H groups in total. The molecule has 2 heteroatoms. The molecule has 0 nitrogen and oxygen atoms in total. The molecule has 45 heavy (non-hydrogen) atoms. The molecule has 0 bridgehead atoms. The molecular weight excluding hydrogens is 723 g/mol. The van der Waals surface area contributed by atoms with Crippen molar-refractivity contribution in [3.63, 3.8) is 0 Å². The van der Waals surface area contributed by atoms with Gasteiger partial charge in [0.2, 0.25) is 0 Å². The Bertz CT molecular complexity index is 1650. The van der Waals surface area contributed by atoms with Crippen LogP contribution < -0.4 is 0 Å². The van der Waals surface area contributed by atoms with Crippen molar-refractivity contribution in [1.29, 1.82) is 0 Å². The van der Waals surface area contributed by atoms with Gasteiger partial charge >= 0.3 is 254 Å². The average Bonchev–Trinajstić information content (AvgIpc) is 3.85. The van der Waals surface area contributed by atoms with Gasteiger partial charge in [0.05, 0.1) is 0 Å². The van der Waals surface area contributed by atoms with E-state index in [-0.39, 0.29) is 0 Å². The minimum absolute atomic E-state index is 0.348. The van der Waals surface area contributed by atoms with Crippen LogP contribution in [-0.2, 0) is 22.9 Å². The molecule has 3 atom stereocenters. The van der Waals surface area contributed by atoms with E-state index in [2.05, 4.69) is 125 Å². The van der Waals surface area contributed by atoms with Crippen LogP contribution in [0.2, 0.25) is 19.4 Å². The Morgan fingerprint density at radius 1 is 0.733 bits per heavy atom. The van der Waals surface area contributed by atoms with Gasteiger partial charge in [0.25, 0.3) is 0 Å². The monoisotopic (exact) mass is 776 g/mol. The first-order valence-electron chi connectivity index (χ1n) is 18.0. The van der Waals surface area contributed by atoms with Crippen molar-refractivity contribution >= 4 is 32.4 Å². The quantitative estimate of drug-likeness (QED) is 0.111. The van der Waals surface area contributed by atoms with Crippen molar-refractivity contribution < 1.29 is 22.9 Å². The van der Waals surface area contributed by atoms with Crippen LogP contribution in [0.3, 0.4) is 0 Å². The SMILES string of the molecule is C1CC[SiH2]C1.CCC[CH2][Hf][C](CCC)(C1C(C)=Cc2c(-c3ccccc3)cccc21)C1C(CC)=Cc2c1ccc1ccccc21. The molecule has 1 saturated heterocycles. The Balaban J connectivity index is 0.000000652. The number of rotatable bonds is 10. The van der Waals surface area contributed by atoms with E-state index in [0.717, 1.165) is 6.42 Å². The Morgan fingerprint density at radius 3 is 2.20 bits per heavy atom. The third-order valence-electron chi connectivity index (χ3n) is 10.7. The molecule has 0 radical (unpaired) electrons. The summed E-state index contributed by atoms with van der Waals surface area (Å²) >= 11 is -1.10. The van der Waals surface area contributed by atoms with E-state index in [1.165, 1.54) is 62.9 Å². The van der Waals surface area contributed by atoms with Crippen molar-refractivity contribution in [1.82, 2.24) is 0 Å². The van der Waals surface area contributed by atoms with Gasteiger partial charge in [-0.05, 0) is 0 Å². The van der Waals surface area contributed by atoms with E-state index in [0.29, 0.717) is 24.5 Å². The number of hydrogen-bond donors (Lipinski definition) is 0. The Labute approximate surface area is 287 Å². The van der Waals surface area contributed by atoms with Crippen molar-refractivity contribution in [2.45, 2.75) is 104 Å². The Hall–Kier alpha value is -2.29. The van der Waals surface area contributed by atoms with Gasteiger partial charge < -0.3 is 0 Å². The number of unbranched alkanes of at least 4 members (excludes halogenated alkanes) is 1. The Kier molecular flexibility index (Phi) is 10.9. The van der Waals surface area contributed by atoms with Gasteiger partial charge in [0, 0.05) is 9.52 Å². The van der Waals surface area contributed by atoms with Gasteiger partial charge in [-0.2, -0.15) is 0 Å². The summed E-state index contributed by atoms with van der Waals surface area (Å²) in [7, 11) is 0.543. The molecule has 0 spiro atoms. The van der Waals surface area contributed by atoms with Crippen molar-refractivity contribution in [2.24, 2.45) is 0 Å². The number of fused-ring (bicyclic) bond motifs is 4. The van der Waals surface area contributed by atoms with E-state index in [1.54, 1.807) is 47.2 Å². The standard InChI is InChI=1S/C35H33.C4H10Si.C4H9.Hf/c1-4-12-31(35-24(5-2)22-33-27-16-10-9-15-26(27)19-20-30(33)35)34-23(3)21-32-28(17-11-18-29(32)34)25-13-7-6-8-14-25;1-2-4-5-3-1;1-3-4-2;/h6-11,13-22,34-35H,4-5,12H2,1-3H3;1-5H2;1,3-4H2,2H3;. The predicted octanol–water partition coefficient (Wildman–Crippen LogP) is 12.6. The summed E-state index contributed by atoms with van der Waals surface area (Å²) in [6, 6.07) is 35.4. The molecular formula is C43H52HfSi. The zero-order valence-electron chi connectivity index (χ0n) is 28.2. The summed E-state index contributed by atoms with van der Waals surface area (Å²) in [5.41, 5.74) is 12.2. The van der Waals surface area contributed by atoms with Gasteiger partial charge in [0.15, 0.2) is 0 Å². The molecule has 2 aliphatic carbocycles. The fraction of sp³-hybridized carbons (Fsp3) is 0.395.